The van der Waals surface area contributed by atoms with Gasteiger partial charge in [0.15, 0.2) is 9.84 Å². The molecule has 0 aliphatic rings. The molecule has 0 fully saturated rings. The van der Waals surface area contributed by atoms with Crippen LogP contribution >= 0.6 is 0 Å². The Morgan fingerprint density at radius 1 is 1.21 bits per heavy atom. The molecule has 0 radical (unpaired) electrons. The highest BCUT2D eigenvalue weighted by atomic mass is 32.2. The lowest BCUT2D eigenvalue weighted by Gasteiger charge is -2.28. The molecule has 0 aliphatic heterocycles. The first-order chi connectivity index (χ1) is 8.62. The van der Waals surface area contributed by atoms with Gasteiger partial charge in [-0.2, -0.15) is 0 Å². The van der Waals surface area contributed by atoms with Crippen LogP contribution in [0.2, 0.25) is 19.6 Å². The summed E-state index contributed by atoms with van der Waals surface area (Å²) in [5.74, 6) is 0. The van der Waals surface area contributed by atoms with Crippen LogP contribution in [0.1, 0.15) is 12.5 Å². The van der Waals surface area contributed by atoms with Crippen LogP contribution in [-0.2, 0) is 16.3 Å². The molecule has 0 amide bonds. The summed E-state index contributed by atoms with van der Waals surface area (Å²) >= 11 is 0. The zero-order valence-electron chi connectivity index (χ0n) is 12.5. The molecule has 2 nitrogen and oxygen atoms in total. The third kappa shape index (κ3) is 4.95. The van der Waals surface area contributed by atoms with Crippen LogP contribution < -0.4 is 0 Å². The summed E-state index contributed by atoms with van der Waals surface area (Å²) in [4.78, 5) is -0.288. The summed E-state index contributed by atoms with van der Waals surface area (Å²) in [5.41, 5.74) is 2.20. The van der Waals surface area contributed by atoms with E-state index in [4.69, 9.17) is 0 Å². The smallest absolute Gasteiger partial charge is 0.151 e. The minimum Gasteiger partial charge on any atom is -0.229 e. The van der Waals surface area contributed by atoms with E-state index < -0.39 is 17.9 Å². The minimum atomic E-state index is -3.03. The summed E-state index contributed by atoms with van der Waals surface area (Å²) < 4.78 is 24.0. The highest BCUT2D eigenvalue weighted by Crippen LogP contribution is 2.23. The summed E-state index contributed by atoms with van der Waals surface area (Å²) in [6, 6.07) is 10.1. The zero-order valence-corrected chi connectivity index (χ0v) is 14.3. The topological polar surface area (TPSA) is 34.1 Å². The lowest BCUT2D eigenvalue weighted by molar-refractivity contribution is 0.600. The molecule has 106 valence electrons. The predicted octanol–water partition coefficient (Wildman–Crippen LogP) is 3.47. The van der Waals surface area contributed by atoms with Gasteiger partial charge in [-0.25, -0.2) is 8.42 Å². The molecule has 1 atom stereocenters. The SMILES string of the molecule is C/C(=C/Cc1ccccc1)[C@H]([Si](C)(C)C)S(C)(=O)=O. The third-order valence-electron chi connectivity index (χ3n) is 3.13. The maximum Gasteiger partial charge on any atom is 0.151 e. The number of hydrogen-bond acceptors (Lipinski definition) is 2. The molecule has 0 N–H and O–H groups in total. The molecule has 0 unspecified atom stereocenters. The Bertz CT molecular complexity index is 539. The number of rotatable bonds is 5. The Morgan fingerprint density at radius 2 is 1.74 bits per heavy atom. The summed E-state index contributed by atoms with van der Waals surface area (Å²) in [6.07, 6.45) is 4.22. The average Bonchev–Trinajstić information content (AvgIpc) is 2.24. The summed E-state index contributed by atoms with van der Waals surface area (Å²) in [6.45, 7) is 8.28. The van der Waals surface area contributed by atoms with E-state index in [-0.39, 0.29) is 4.87 Å². The van der Waals surface area contributed by atoms with Crippen molar-refractivity contribution in [1.82, 2.24) is 0 Å². The van der Waals surface area contributed by atoms with Gasteiger partial charge in [-0.05, 0) is 18.9 Å². The van der Waals surface area contributed by atoms with Crippen LogP contribution in [0.15, 0.2) is 42.0 Å². The predicted molar refractivity (Wildman–Crippen MR) is 85.9 cm³/mol. The summed E-state index contributed by atoms with van der Waals surface area (Å²) in [7, 11) is -4.81. The van der Waals surface area contributed by atoms with Crippen molar-refractivity contribution < 1.29 is 8.42 Å². The largest absolute Gasteiger partial charge is 0.229 e. The first-order valence-electron chi connectivity index (χ1n) is 6.52. The van der Waals surface area contributed by atoms with Crippen LogP contribution in [0.3, 0.4) is 0 Å². The van der Waals surface area contributed by atoms with Crippen molar-refractivity contribution in [2.45, 2.75) is 37.9 Å². The molecular formula is C15H24O2SSi. The highest BCUT2D eigenvalue weighted by molar-refractivity contribution is 7.93. The molecule has 0 saturated heterocycles. The van der Waals surface area contributed by atoms with Gasteiger partial charge in [0.25, 0.3) is 0 Å². The van der Waals surface area contributed by atoms with Crippen molar-refractivity contribution in [2.24, 2.45) is 0 Å². The molecule has 0 aromatic heterocycles. The molecule has 0 heterocycles. The van der Waals surface area contributed by atoms with E-state index in [9.17, 15) is 8.42 Å². The Kier molecular flexibility index (Phi) is 5.16. The monoisotopic (exact) mass is 296 g/mol. The molecule has 0 saturated carbocycles. The fourth-order valence-corrected chi connectivity index (χ4v) is 10.1. The third-order valence-corrected chi connectivity index (χ3v) is 9.79. The maximum atomic E-state index is 12.0. The molecule has 1 rings (SSSR count). The number of hydrogen-bond donors (Lipinski definition) is 0. The number of benzene rings is 1. The molecule has 0 aliphatic carbocycles. The standard InChI is InChI=1S/C15H24O2SSi/c1-13(11-12-14-9-7-6-8-10-14)15(18(2,16)17)19(3,4)5/h6-11,15H,12H2,1-5H3/b13-11-/t15-/m0/s1. The van der Waals surface area contributed by atoms with Crippen LogP contribution in [0.4, 0.5) is 0 Å². The first-order valence-corrected chi connectivity index (χ1v) is 12.0. The lowest BCUT2D eigenvalue weighted by Crippen LogP contribution is -2.44. The van der Waals surface area contributed by atoms with Gasteiger partial charge in [0.2, 0.25) is 0 Å². The lowest BCUT2D eigenvalue weighted by atomic mass is 10.1. The van der Waals surface area contributed by atoms with E-state index >= 15 is 0 Å². The Balaban J connectivity index is 2.99. The van der Waals surface area contributed by atoms with Crippen LogP contribution in [0.5, 0.6) is 0 Å². The van der Waals surface area contributed by atoms with Gasteiger partial charge in [-0.15, -0.1) is 0 Å². The average molecular weight is 297 g/mol. The normalized spacial score (nSPS) is 15.3. The molecular weight excluding hydrogens is 272 g/mol. The van der Waals surface area contributed by atoms with Crippen LogP contribution in [-0.4, -0.2) is 27.6 Å². The van der Waals surface area contributed by atoms with Gasteiger partial charge in [0.1, 0.15) is 0 Å². The van der Waals surface area contributed by atoms with Crippen molar-refractivity contribution in [3.05, 3.63) is 47.5 Å². The highest BCUT2D eigenvalue weighted by Gasteiger charge is 2.35. The minimum absolute atomic E-state index is 0.288. The Hall–Kier alpha value is -0.873. The van der Waals surface area contributed by atoms with Gasteiger partial charge in [0, 0.05) is 6.26 Å². The van der Waals surface area contributed by atoms with E-state index in [2.05, 4.69) is 37.8 Å². The van der Waals surface area contributed by atoms with E-state index in [1.165, 1.54) is 11.8 Å². The molecule has 1 aromatic rings. The fraction of sp³-hybridized carbons (Fsp3) is 0.467. The van der Waals surface area contributed by atoms with E-state index in [1.54, 1.807) is 0 Å². The second-order valence-electron chi connectivity index (χ2n) is 6.21. The van der Waals surface area contributed by atoms with Crippen molar-refractivity contribution in [3.8, 4) is 0 Å². The van der Waals surface area contributed by atoms with E-state index in [1.807, 2.05) is 25.1 Å². The Labute approximate surface area is 118 Å². The zero-order chi connectivity index (χ0) is 14.7. The molecule has 0 spiro atoms. The van der Waals surface area contributed by atoms with Gasteiger partial charge in [0.05, 0.1) is 12.9 Å². The van der Waals surface area contributed by atoms with Gasteiger partial charge >= 0.3 is 0 Å². The maximum absolute atomic E-state index is 12.0. The molecule has 19 heavy (non-hydrogen) atoms. The van der Waals surface area contributed by atoms with Gasteiger partial charge in [-0.3, -0.25) is 0 Å². The Morgan fingerprint density at radius 3 is 2.16 bits per heavy atom. The molecule has 1 aromatic carbocycles. The second-order valence-corrected chi connectivity index (χ2v) is 14.1. The van der Waals surface area contributed by atoms with E-state index in [0.29, 0.717) is 0 Å². The molecule has 4 heteroatoms. The van der Waals surface area contributed by atoms with Crippen molar-refractivity contribution in [3.63, 3.8) is 0 Å². The van der Waals surface area contributed by atoms with Crippen molar-refractivity contribution in [2.75, 3.05) is 6.26 Å². The second kappa shape index (κ2) is 6.05. The van der Waals surface area contributed by atoms with Crippen molar-refractivity contribution in [1.29, 1.82) is 0 Å². The van der Waals surface area contributed by atoms with E-state index in [0.717, 1.165) is 12.0 Å². The number of sulfone groups is 1. The number of allylic oxidation sites excluding steroid dienone is 1. The summed E-state index contributed by atoms with van der Waals surface area (Å²) in [5, 5.41) is 0. The fourth-order valence-electron chi connectivity index (χ4n) is 2.66. The first kappa shape index (κ1) is 16.2. The quantitative estimate of drug-likeness (QED) is 0.616. The van der Waals surface area contributed by atoms with Crippen LogP contribution in [0, 0.1) is 0 Å². The van der Waals surface area contributed by atoms with Crippen molar-refractivity contribution >= 4 is 17.9 Å². The van der Waals surface area contributed by atoms with Gasteiger partial charge < -0.3 is 0 Å². The van der Waals surface area contributed by atoms with Gasteiger partial charge in [-0.1, -0.05) is 61.6 Å². The van der Waals surface area contributed by atoms with Crippen LogP contribution in [0.25, 0.3) is 0 Å². The molecule has 0 bridgehead atoms.